The zero-order valence-corrected chi connectivity index (χ0v) is 21.5. The predicted octanol–water partition coefficient (Wildman–Crippen LogP) is 2.01. The zero-order valence-electron chi connectivity index (χ0n) is 19.2. The number of benzene rings is 1. The third-order valence-electron chi connectivity index (χ3n) is 4.89. The Morgan fingerprint density at radius 2 is 1.94 bits per heavy atom. The standard InChI is InChI=1S/C22H34N8O.HI/c1-25-22(27-13-15-29(2)14-8-16-31-3)26-12-7-11-20-19(17-23)21(24)30(28-20)18-9-5-4-6-10-18;/h4-6,9-10H,7-8,11-16,24H2,1-3H3,(H2,25,26,27);1H. The van der Waals surface area contributed by atoms with E-state index in [9.17, 15) is 5.26 Å². The highest BCUT2D eigenvalue weighted by atomic mass is 127. The number of likely N-dealkylation sites (N-methyl/N-ethyl adjacent to an activating group) is 1. The van der Waals surface area contributed by atoms with Gasteiger partial charge in [-0.1, -0.05) is 18.2 Å². The quantitative estimate of drug-likeness (QED) is 0.159. The van der Waals surface area contributed by atoms with Crippen molar-refractivity contribution in [3.8, 4) is 11.8 Å². The van der Waals surface area contributed by atoms with Crippen LogP contribution >= 0.6 is 24.0 Å². The van der Waals surface area contributed by atoms with Gasteiger partial charge in [-0.3, -0.25) is 4.99 Å². The van der Waals surface area contributed by atoms with Gasteiger partial charge in [0.05, 0.1) is 11.4 Å². The average Bonchev–Trinajstić information content (AvgIpc) is 3.11. The minimum Gasteiger partial charge on any atom is -0.385 e. The van der Waals surface area contributed by atoms with Crippen molar-refractivity contribution in [3.63, 3.8) is 0 Å². The van der Waals surface area contributed by atoms with Crippen LogP contribution in [0.15, 0.2) is 35.3 Å². The number of aryl methyl sites for hydroxylation is 1. The van der Waals surface area contributed by atoms with Crippen LogP contribution in [0.4, 0.5) is 5.82 Å². The monoisotopic (exact) mass is 554 g/mol. The molecule has 0 unspecified atom stereocenters. The lowest BCUT2D eigenvalue weighted by Gasteiger charge is -2.18. The first-order chi connectivity index (χ1) is 15.1. The van der Waals surface area contributed by atoms with Gasteiger partial charge in [-0.15, -0.1) is 24.0 Å². The SMILES string of the molecule is CN=C(NCCCc1nn(-c2ccccc2)c(N)c1C#N)NCCN(C)CCCOC.I. The molecule has 0 bridgehead atoms. The first kappa shape index (κ1) is 27.7. The summed E-state index contributed by atoms with van der Waals surface area (Å²) in [5.41, 5.74) is 8.17. The molecule has 0 aliphatic carbocycles. The summed E-state index contributed by atoms with van der Waals surface area (Å²) in [7, 11) is 5.58. The Morgan fingerprint density at radius 1 is 1.22 bits per heavy atom. The molecular formula is C22H35IN8O. The Hall–Kier alpha value is -2.36. The van der Waals surface area contributed by atoms with Crippen LogP contribution in [-0.2, 0) is 11.2 Å². The van der Waals surface area contributed by atoms with Gasteiger partial charge in [0.15, 0.2) is 5.96 Å². The van der Waals surface area contributed by atoms with Crippen molar-refractivity contribution in [1.82, 2.24) is 25.3 Å². The summed E-state index contributed by atoms with van der Waals surface area (Å²) in [6.45, 7) is 4.23. The number of aromatic nitrogens is 2. The summed E-state index contributed by atoms with van der Waals surface area (Å²) < 4.78 is 6.71. The topological polar surface area (TPSA) is 117 Å². The Labute approximate surface area is 208 Å². The van der Waals surface area contributed by atoms with Crippen LogP contribution in [0.2, 0.25) is 0 Å². The number of para-hydroxylation sites is 1. The summed E-state index contributed by atoms with van der Waals surface area (Å²) in [5, 5.41) is 20.7. The Balaban J connectivity index is 0.00000512. The largest absolute Gasteiger partial charge is 0.385 e. The molecule has 0 saturated heterocycles. The molecular weight excluding hydrogens is 519 g/mol. The number of hydrogen-bond donors (Lipinski definition) is 3. The average molecular weight is 554 g/mol. The van der Waals surface area contributed by atoms with Gasteiger partial charge in [-0.25, -0.2) is 4.68 Å². The van der Waals surface area contributed by atoms with E-state index in [4.69, 9.17) is 10.5 Å². The molecule has 0 atom stereocenters. The highest BCUT2D eigenvalue weighted by molar-refractivity contribution is 14.0. The van der Waals surface area contributed by atoms with Gasteiger partial charge >= 0.3 is 0 Å². The second kappa shape index (κ2) is 15.4. The molecule has 1 aromatic heterocycles. The van der Waals surface area contributed by atoms with Crippen LogP contribution in [0.5, 0.6) is 0 Å². The third kappa shape index (κ3) is 8.64. The van der Waals surface area contributed by atoms with Crippen LogP contribution in [-0.4, -0.2) is 74.6 Å². The second-order valence-corrected chi connectivity index (χ2v) is 7.25. The number of nitrogens with one attached hydrogen (secondary N) is 2. The molecule has 2 aromatic rings. The molecule has 0 aliphatic rings. The summed E-state index contributed by atoms with van der Waals surface area (Å²) in [4.78, 5) is 6.52. The van der Waals surface area contributed by atoms with Crippen molar-refractivity contribution in [1.29, 1.82) is 5.26 Å². The maximum atomic E-state index is 9.51. The van der Waals surface area contributed by atoms with E-state index in [1.54, 1.807) is 18.8 Å². The maximum absolute atomic E-state index is 9.51. The van der Waals surface area contributed by atoms with E-state index < -0.39 is 0 Å². The van der Waals surface area contributed by atoms with E-state index in [0.29, 0.717) is 30.0 Å². The van der Waals surface area contributed by atoms with E-state index in [1.807, 2.05) is 30.3 Å². The minimum absolute atomic E-state index is 0. The van der Waals surface area contributed by atoms with E-state index >= 15 is 0 Å². The number of ether oxygens (including phenoxy) is 1. The van der Waals surface area contributed by atoms with E-state index in [-0.39, 0.29) is 24.0 Å². The zero-order chi connectivity index (χ0) is 22.5. The highest BCUT2D eigenvalue weighted by Crippen LogP contribution is 2.21. The normalized spacial score (nSPS) is 11.2. The van der Waals surface area contributed by atoms with Crippen LogP contribution in [0.25, 0.3) is 5.69 Å². The van der Waals surface area contributed by atoms with Crippen LogP contribution in [0, 0.1) is 11.3 Å². The fourth-order valence-electron chi connectivity index (χ4n) is 3.18. The lowest BCUT2D eigenvalue weighted by Crippen LogP contribution is -2.41. The molecule has 1 heterocycles. The van der Waals surface area contributed by atoms with Crippen molar-refractivity contribution >= 4 is 35.8 Å². The number of nitrogen functional groups attached to an aromatic ring is 1. The Kier molecular flexibility index (Phi) is 13.4. The molecule has 0 amide bonds. The molecule has 4 N–H and O–H groups in total. The number of nitrogens with two attached hydrogens (primary N) is 1. The number of anilines is 1. The number of nitrogens with zero attached hydrogens (tertiary/aromatic N) is 5. The summed E-state index contributed by atoms with van der Waals surface area (Å²) >= 11 is 0. The van der Waals surface area contributed by atoms with Gasteiger partial charge in [0, 0.05) is 46.9 Å². The van der Waals surface area contributed by atoms with Gasteiger partial charge < -0.3 is 26.0 Å². The fraction of sp³-hybridized carbons (Fsp3) is 0.500. The van der Waals surface area contributed by atoms with Crippen molar-refractivity contribution in [3.05, 3.63) is 41.6 Å². The molecule has 0 fully saturated rings. The maximum Gasteiger partial charge on any atom is 0.191 e. The summed E-state index contributed by atoms with van der Waals surface area (Å²) in [6, 6.07) is 11.8. The van der Waals surface area contributed by atoms with Gasteiger partial charge in [0.1, 0.15) is 17.5 Å². The molecule has 32 heavy (non-hydrogen) atoms. The molecule has 2 rings (SSSR count). The highest BCUT2D eigenvalue weighted by Gasteiger charge is 2.16. The molecule has 1 aromatic carbocycles. The molecule has 176 valence electrons. The third-order valence-corrected chi connectivity index (χ3v) is 4.89. The number of rotatable bonds is 12. The fourth-order valence-corrected chi connectivity index (χ4v) is 3.18. The Morgan fingerprint density at radius 3 is 2.59 bits per heavy atom. The van der Waals surface area contributed by atoms with Gasteiger partial charge in [-0.2, -0.15) is 10.4 Å². The van der Waals surface area contributed by atoms with Crippen LogP contribution in [0.1, 0.15) is 24.1 Å². The number of aliphatic imine (C=N–C) groups is 1. The minimum atomic E-state index is 0. The van der Waals surface area contributed by atoms with E-state index in [2.05, 4.69) is 38.7 Å². The molecule has 0 radical (unpaired) electrons. The molecule has 0 aliphatic heterocycles. The lowest BCUT2D eigenvalue weighted by molar-refractivity contribution is 0.180. The second-order valence-electron chi connectivity index (χ2n) is 7.25. The van der Waals surface area contributed by atoms with Gasteiger partial charge in [0.2, 0.25) is 0 Å². The van der Waals surface area contributed by atoms with Crippen molar-refractivity contribution in [2.24, 2.45) is 4.99 Å². The van der Waals surface area contributed by atoms with Crippen molar-refractivity contribution < 1.29 is 4.74 Å². The smallest absolute Gasteiger partial charge is 0.191 e. The number of nitriles is 1. The summed E-state index contributed by atoms with van der Waals surface area (Å²) in [6.07, 6.45) is 2.48. The summed E-state index contributed by atoms with van der Waals surface area (Å²) in [5.74, 6) is 1.14. The molecule has 9 nitrogen and oxygen atoms in total. The molecule has 0 spiro atoms. The first-order valence-corrected chi connectivity index (χ1v) is 10.6. The van der Waals surface area contributed by atoms with Crippen LogP contribution in [0.3, 0.4) is 0 Å². The van der Waals surface area contributed by atoms with Crippen molar-refractivity contribution in [2.75, 3.05) is 59.7 Å². The van der Waals surface area contributed by atoms with E-state index in [0.717, 1.165) is 50.7 Å². The van der Waals surface area contributed by atoms with Gasteiger partial charge in [-0.05, 0) is 38.4 Å². The predicted molar refractivity (Wildman–Crippen MR) is 140 cm³/mol. The lowest BCUT2D eigenvalue weighted by atomic mass is 10.1. The van der Waals surface area contributed by atoms with Gasteiger partial charge in [0.25, 0.3) is 0 Å². The van der Waals surface area contributed by atoms with Crippen LogP contribution < -0.4 is 16.4 Å². The number of hydrogen-bond acceptors (Lipinski definition) is 6. The first-order valence-electron chi connectivity index (χ1n) is 10.6. The molecule has 0 saturated carbocycles. The van der Waals surface area contributed by atoms with E-state index in [1.165, 1.54) is 0 Å². The number of methoxy groups -OCH3 is 1. The number of guanidine groups is 1. The van der Waals surface area contributed by atoms with Crippen molar-refractivity contribution in [2.45, 2.75) is 19.3 Å². The molecule has 10 heteroatoms. The Bertz CT molecular complexity index is 863. The number of halogens is 1.